The van der Waals surface area contributed by atoms with Crippen molar-refractivity contribution in [2.45, 2.75) is 64.6 Å². The number of hydrogen-bond acceptors (Lipinski definition) is 5. The minimum absolute atomic E-state index is 0.00479. The van der Waals surface area contributed by atoms with E-state index in [-0.39, 0.29) is 30.0 Å². The van der Waals surface area contributed by atoms with Crippen LogP contribution in [0.25, 0.3) is 22.3 Å². The number of pyridine rings is 2. The molecule has 2 aromatic heterocycles. The average molecular weight is 448 g/mol. The minimum Gasteiger partial charge on any atom is -0.460 e. The van der Waals surface area contributed by atoms with Crippen LogP contribution >= 0.6 is 0 Å². The molecule has 1 aromatic carbocycles. The van der Waals surface area contributed by atoms with Crippen LogP contribution in [0.1, 0.15) is 66.1 Å². The summed E-state index contributed by atoms with van der Waals surface area (Å²) in [6.45, 7) is 6.00. The van der Waals surface area contributed by atoms with E-state index >= 15 is 0 Å². The monoisotopic (exact) mass is 447 g/mol. The van der Waals surface area contributed by atoms with Crippen molar-refractivity contribution >= 4 is 16.9 Å². The van der Waals surface area contributed by atoms with Gasteiger partial charge in [-0.3, -0.25) is 9.59 Å². The van der Waals surface area contributed by atoms with Crippen molar-refractivity contribution in [1.29, 1.82) is 0 Å². The maximum absolute atomic E-state index is 14.8. The Morgan fingerprint density at radius 1 is 1.27 bits per heavy atom. The molecule has 0 saturated heterocycles. The third-order valence-electron chi connectivity index (χ3n) is 8.18. The number of halogens is 1. The molecule has 4 heterocycles. The summed E-state index contributed by atoms with van der Waals surface area (Å²) in [5.74, 6) is -0.556. The summed E-state index contributed by atoms with van der Waals surface area (Å²) in [7, 11) is 1.94. The third kappa shape index (κ3) is 2.48. The van der Waals surface area contributed by atoms with E-state index in [1.807, 2.05) is 33.9 Å². The van der Waals surface area contributed by atoms with E-state index in [9.17, 15) is 14.0 Å². The summed E-state index contributed by atoms with van der Waals surface area (Å²) < 4.78 is 21.9. The number of cyclic esters (lactones) is 1. The van der Waals surface area contributed by atoms with Gasteiger partial charge in [-0.05, 0) is 68.5 Å². The van der Waals surface area contributed by atoms with Gasteiger partial charge in [0.1, 0.15) is 12.4 Å². The zero-order chi connectivity index (χ0) is 23.2. The highest BCUT2D eigenvalue weighted by molar-refractivity contribution is 5.93. The molecule has 7 heteroatoms. The molecule has 6 nitrogen and oxygen atoms in total. The van der Waals surface area contributed by atoms with Crippen molar-refractivity contribution in [3.05, 3.63) is 61.7 Å². The zero-order valence-corrected chi connectivity index (χ0v) is 19.3. The lowest BCUT2D eigenvalue weighted by Crippen LogP contribution is -2.42. The molecule has 3 aliphatic rings. The largest absolute Gasteiger partial charge is 0.460 e. The molecule has 0 amide bonds. The topological polar surface area (TPSA) is 73.2 Å². The van der Waals surface area contributed by atoms with Gasteiger partial charge in [0.25, 0.3) is 5.56 Å². The number of ether oxygens (including phenoxy) is 1. The molecule has 2 atom stereocenters. The molecule has 3 aromatic rings. The molecule has 170 valence electrons. The molecular formula is C26H26FN3O3. The number of fused-ring (bicyclic) bond motifs is 5. The molecule has 2 aliphatic heterocycles. The Kier molecular flexibility index (Phi) is 4.19. The number of aryl methyl sites for hydroxylation is 1. The van der Waals surface area contributed by atoms with Gasteiger partial charge >= 0.3 is 5.97 Å². The van der Waals surface area contributed by atoms with Gasteiger partial charge in [0.15, 0.2) is 0 Å². The second kappa shape index (κ2) is 6.73. The molecule has 33 heavy (non-hydrogen) atoms. The van der Waals surface area contributed by atoms with E-state index in [0.29, 0.717) is 41.0 Å². The lowest BCUT2D eigenvalue weighted by molar-refractivity contribution is -0.153. The van der Waals surface area contributed by atoms with Crippen LogP contribution in [0.3, 0.4) is 0 Å². The molecule has 0 unspecified atom stereocenters. The number of benzene rings is 1. The fourth-order valence-electron chi connectivity index (χ4n) is 6.01. The molecule has 1 N–H and O–H groups in total. The van der Waals surface area contributed by atoms with E-state index < -0.39 is 5.41 Å². The van der Waals surface area contributed by atoms with Crippen LogP contribution in [-0.2, 0) is 34.5 Å². The Bertz CT molecular complexity index is 1460. The first-order valence-corrected chi connectivity index (χ1v) is 11.6. The van der Waals surface area contributed by atoms with Crippen LogP contribution in [0.5, 0.6) is 0 Å². The van der Waals surface area contributed by atoms with Gasteiger partial charge < -0.3 is 14.6 Å². The third-order valence-corrected chi connectivity index (χ3v) is 8.18. The van der Waals surface area contributed by atoms with E-state index in [0.717, 1.165) is 40.5 Å². The SMILES string of the molecule is CC[C@@]1(C)C(=O)OCc2c1cc1n(c2=O)Cc2c-1nc1cc(F)c(C)c3c1c2[C@@H](NC)CC3. The fraction of sp³-hybridized carbons (Fsp3) is 0.423. The van der Waals surface area contributed by atoms with Crippen molar-refractivity contribution in [1.82, 2.24) is 14.9 Å². The Morgan fingerprint density at radius 3 is 2.79 bits per heavy atom. The normalized spacial score (nSPS) is 22.7. The number of aromatic nitrogens is 2. The Morgan fingerprint density at radius 2 is 2.06 bits per heavy atom. The molecule has 0 fully saturated rings. The summed E-state index contributed by atoms with van der Waals surface area (Å²) in [5.41, 5.74) is 6.12. The number of hydrogen-bond donors (Lipinski definition) is 1. The summed E-state index contributed by atoms with van der Waals surface area (Å²) >= 11 is 0. The first-order chi connectivity index (χ1) is 15.8. The van der Waals surface area contributed by atoms with Gasteiger partial charge in [0.05, 0.1) is 34.4 Å². The van der Waals surface area contributed by atoms with Gasteiger partial charge in [-0.2, -0.15) is 0 Å². The van der Waals surface area contributed by atoms with Gasteiger partial charge in [-0.15, -0.1) is 0 Å². The van der Waals surface area contributed by atoms with Gasteiger partial charge in [-0.1, -0.05) is 6.92 Å². The quantitative estimate of drug-likeness (QED) is 0.473. The molecule has 0 radical (unpaired) electrons. The number of esters is 1. The van der Waals surface area contributed by atoms with Crippen molar-refractivity contribution in [3.63, 3.8) is 0 Å². The highest BCUT2D eigenvalue weighted by atomic mass is 19.1. The number of rotatable bonds is 2. The summed E-state index contributed by atoms with van der Waals surface area (Å²) in [4.78, 5) is 31.1. The fourth-order valence-corrected chi connectivity index (χ4v) is 6.01. The van der Waals surface area contributed by atoms with Crippen LogP contribution in [0, 0.1) is 12.7 Å². The highest BCUT2D eigenvalue weighted by Crippen LogP contribution is 2.45. The maximum Gasteiger partial charge on any atom is 0.316 e. The lowest BCUT2D eigenvalue weighted by Gasteiger charge is -2.33. The zero-order valence-electron chi connectivity index (χ0n) is 19.3. The number of nitrogens with zero attached hydrogens (tertiary/aromatic N) is 2. The van der Waals surface area contributed by atoms with E-state index in [4.69, 9.17) is 9.72 Å². The van der Waals surface area contributed by atoms with E-state index in [2.05, 4.69) is 5.32 Å². The van der Waals surface area contributed by atoms with Crippen LogP contribution in [0.2, 0.25) is 0 Å². The molecule has 0 saturated carbocycles. The summed E-state index contributed by atoms with van der Waals surface area (Å²) in [6, 6.07) is 3.57. The van der Waals surface area contributed by atoms with Crippen LogP contribution in [0.15, 0.2) is 16.9 Å². The molecule has 6 rings (SSSR count). The smallest absolute Gasteiger partial charge is 0.316 e. The van der Waals surface area contributed by atoms with Gasteiger partial charge in [0, 0.05) is 23.1 Å². The Hall–Kier alpha value is -3.06. The maximum atomic E-state index is 14.8. The minimum atomic E-state index is -0.875. The number of nitrogens with one attached hydrogen (secondary N) is 1. The highest BCUT2D eigenvalue weighted by Gasteiger charge is 2.43. The standard InChI is InChI=1S/C26H26FN3O3/c1-5-26(3)16-8-20-23-14(10-30(20)24(31)15(16)11-33-25(26)32)22-18(28-4)7-6-13-12(2)17(27)9-19(29-23)21(13)22/h8-9,18,28H,5-7,10-11H2,1-4H3/t18-,26+/m0/s1. The van der Waals surface area contributed by atoms with Gasteiger partial charge in [-0.25, -0.2) is 9.37 Å². The predicted octanol–water partition coefficient (Wildman–Crippen LogP) is 3.80. The van der Waals surface area contributed by atoms with Crippen molar-refractivity contribution in [3.8, 4) is 11.4 Å². The number of carbonyl (C=O) groups is 1. The van der Waals surface area contributed by atoms with E-state index in [1.165, 1.54) is 6.07 Å². The van der Waals surface area contributed by atoms with E-state index in [1.54, 1.807) is 4.57 Å². The molecule has 0 spiro atoms. The summed E-state index contributed by atoms with van der Waals surface area (Å²) in [6.07, 6.45) is 2.17. The van der Waals surface area contributed by atoms with Crippen LogP contribution in [0.4, 0.5) is 4.39 Å². The number of carbonyl (C=O) groups excluding carboxylic acids is 1. The second-order valence-electron chi connectivity index (χ2n) is 9.66. The lowest BCUT2D eigenvalue weighted by atomic mass is 9.76. The van der Waals surface area contributed by atoms with Crippen LogP contribution in [-0.4, -0.2) is 22.6 Å². The summed E-state index contributed by atoms with van der Waals surface area (Å²) in [5, 5.41) is 4.43. The molecule has 0 bridgehead atoms. The van der Waals surface area contributed by atoms with Crippen molar-refractivity contribution in [2.24, 2.45) is 0 Å². The first kappa shape index (κ1) is 20.5. The molecular weight excluding hydrogens is 421 g/mol. The molecule has 1 aliphatic carbocycles. The second-order valence-corrected chi connectivity index (χ2v) is 9.66. The average Bonchev–Trinajstić information content (AvgIpc) is 3.18. The Balaban J connectivity index is 1.70. The van der Waals surface area contributed by atoms with Crippen LogP contribution < -0.4 is 10.9 Å². The Labute approximate surface area is 190 Å². The van der Waals surface area contributed by atoms with Gasteiger partial charge in [0.2, 0.25) is 0 Å². The van der Waals surface area contributed by atoms with Crippen molar-refractivity contribution in [2.75, 3.05) is 7.05 Å². The predicted molar refractivity (Wildman–Crippen MR) is 123 cm³/mol. The first-order valence-electron chi connectivity index (χ1n) is 11.6. The van der Waals surface area contributed by atoms with Crippen molar-refractivity contribution < 1.29 is 13.9 Å².